The number of likely N-dealkylation sites (tertiary alicyclic amines) is 1. The number of benzene rings is 3. The molecule has 1 saturated heterocycles. The van der Waals surface area contributed by atoms with Crippen LogP contribution in [0.4, 0.5) is 5.69 Å². The third kappa shape index (κ3) is 4.75. The number of rotatable bonds is 4. The molecule has 1 saturated carbocycles. The minimum atomic E-state index is -0.362. The zero-order chi connectivity index (χ0) is 31.4. The molecule has 0 spiro atoms. The Balaban J connectivity index is 1.15. The Hall–Kier alpha value is -4.65. The Morgan fingerprint density at radius 1 is 0.870 bits per heavy atom. The Kier molecular flexibility index (Phi) is 7.27. The van der Waals surface area contributed by atoms with Crippen LogP contribution in [0.25, 0.3) is 28.2 Å². The van der Waals surface area contributed by atoms with E-state index in [0.717, 1.165) is 64.5 Å². The van der Waals surface area contributed by atoms with E-state index in [9.17, 15) is 14.4 Å². The first kappa shape index (κ1) is 28.8. The predicted molar refractivity (Wildman–Crippen MR) is 180 cm³/mol. The number of methoxy groups -OCH3 is 1. The number of nitrogens with zero attached hydrogens (tertiary/aromatic N) is 3. The number of anilines is 1. The van der Waals surface area contributed by atoms with E-state index < -0.39 is 0 Å². The van der Waals surface area contributed by atoms with Crippen molar-refractivity contribution in [1.29, 1.82) is 0 Å². The second-order valence-electron chi connectivity index (χ2n) is 13.3. The fourth-order valence-electron chi connectivity index (χ4n) is 8.46. The van der Waals surface area contributed by atoms with Crippen molar-refractivity contribution in [2.24, 2.45) is 0 Å². The van der Waals surface area contributed by atoms with E-state index in [4.69, 9.17) is 4.74 Å². The molecule has 3 aromatic carbocycles. The van der Waals surface area contributed by atoms with Crippen LogP contribution in [0.2, 0.25) is 0 Å². The number of aromatic nitrogens is 1. The number of piperidine rings is 1. The van der Waals surface area contributed by atoms with Gasteiger partial charge in [-0.15, -0.1) is 0 Å². The molecule has 234 valence electrons. The number of carbonyl (C=O) groups is 3. The quantitative estimate of drug-likeness (QED) is 0.230. The third-order valence-electron chi connectivity index (χ3n) is 10.7. The van der Waals surface area contributed by atoms with Crippen LogP contribution in [0.3, 0.4) is 0 Å². The molecule has 2 fully saturated rings. The van der Waals surface area contributed by atoms with E-state index in [1.807, 2.05) is 52.3 Å². The van der Waals surface area contributed by atoms with Crippen molar-refractivity contribution in [3.05, 3.63) is 94.6 Å². The zero-order valence-electron chi connectivity index (χ0n) is 26.3. The highest BCUT2D eigenvalue weighted by Gasteiger charge is 2.37. The van der Waals surface area contributed by atoms with Crippen molar-refractivity contribution in [3.8, 4) is 11.3 Å². The molecule has 8 rings (SSSR count). The van der Waals surface area contributed by atoms with E-state index in [1.54, 1.807) is 0 Å². The molecule has 1 aliphatic carbocycles. The van der Waals surface area contributed by atoms with Gasteiger partial charge in [-0.05, 0) is 72.6 Å². The van der Waals surface area contributed by atoms with Gasteiger partial charge in [-0.3, -0.25) is 9.59 Å². The Labute approximate surface area is 269 Å². The zero-order valence-corrected chi connectivity index (χ0v) is 26.3. The van der Waals surface area contributed by atoms with Gasteiger partial charge < -0.3 is 19.1 Å². The molecule has 4 aromatic rings. The van der Waals surface area contributed by atoms with Crippen LogP contribution < -0.4 is 4.90 Å². The van der Waals surface area contributed by atoms with Gasteiger partial charge in [0.05, 0.1) is 31.3 Å². The fraction of sp³-hybridized carbons (Fsp3) is 0.359. The van der Waals surface area contributed by atoms with E-state index in [-0.39, 0.29) is 23.8 Å². The van der Waals surface area contributed by atoms with Gasteiger partial charge in [0.2, 0.25) is 5.91 Å². The van der Waals surface area contributed by atoms with E-state index in [2.05, 4.69) is 34.9 Å². The Bertz CT molecular complexity index is 1910. The van der Waals surface area contributed by atoms with Crippen LogP contribution in [0.5, 0.6) is 0 Å². The largest absolute Gasteiger partial charge is 0.465 e. The summed E-state index contributed by atoms with van der Waals surface area (Å²) in [5.74, 6) is 0.263. The number of hydrogen-bond acceptors (Lipinski definition) is 4. The first-order chi connectivity index (χ1) is 22.5. The standard InChI is InChI=1S/C39H39N3O4/c1-46-39(45)28-15-16-32-34(22-28)41-24-29(21-26-11-5-7-13-31(26)37(41)36(32)25-9-3-2-4-10-25)38(44)40-19-17-30(18-20-40)42-33-14-8-6-12-27(33)23-35(42)43/h5-8,11-16,21-22,25,30H,2-4,9-10,17-20,23-24H2,1H3. The number of hydrogen-bond donors (Lipinski definition) is 0. The average Bonchev–Trinajstić information content (AvgIpc) is 3.54. The van der Waals surface area contributed by atoms with Crippen LogP contribution >= 0.6 is 0 Å². The molecule has 7 nitrogen and oxygen atoms in total. The summed E-state index contributed by atoms with van der Waals surface area (Å²) in [6, 6.07) is 22.5. The Morgan fingerprint density at radius 2 is 1.63 bits per heavy atom. The van der Waals surface area contributed by atoms with Crippen molar-refractivity contribution in [2.45, 2.75) is 69.9 Å². The number of amides is 2. The second-order valence-corrected chi connectivity index (χ2v) is 13.3. The second kappa shape index (κ2) is 11.6. The minimum absolute atomic E-state index is 0.0411. The molecule has 0 N–H and O–H groups in total. The molecule has 1 aromatic heterocycles. The van der Waals surface area contributed by atoms with E-state index >= 15 is 0 Å². The summed E-state index contributed by atoms with van der Waals surface area (Å²) < 4.78 is 7.38. The monoisotopic (exact) mass is 613 g/mol. The van der Waals surface area contributed by atoms with Crippen molar-refractivity contribution in [1.82, 2.24) is 9.47 Å². The fourth-order valence-corrected chi connectivity index (χ4v) is 8.46. The molecule has 0 atom stereocenters. The molecule has 2 amide bonds. The van der Waals surface area contributed by atoms with Crippen LogP contribution in [0, 0.1) is 0 Å². The summed E-state index contributed by atoms with van der Waals surface area (Å²) in [7, 11) is 1.41. The van der Waals surface area contributed by atoms with Crippen LogP contribution in [0.15, 0.2) is 72.3 Å². The molecule has 4 aliphatic rings. The van der Waals surface area contributed by atoms with Crippen molar-refractivity contribution in [3.63, 3.8) is 0 Å². The number of fused-ring (bicyclic) bond motifs is 6. The SMILES string of the molecule is COC(=O)c1ccc2c(C3CCCCC3)c3n(c2c1)CC(C(=O)N1CCC(N2C(=O)Cc4ccccc42)CC1)=Cc1ccccc1-3. The lowest BCUT2D eigenvalue weighted by atomic mass is 9.81. The van der Waals surface area contributed by atoms with Crippen molar-refractivity contribution in [2.75, 3.05) is 25.1 Å². The average molecular weight is 614 g/mol. The molecule has 4 heterocycles. The lowest BCUT2D eigenvalue weighted by molar-refractivity contribution is -0.128. The van der Waals surface area contributed by atoms with Gasteiger partial charge in [0.15, 0.2) is 0 Å². The minimum Gasteiger partial charge on any atom is -0.465 e. The lowest BCUT2D eigenvalue weighted by Crippen LogP contribution is -2.48. The molecule has 0 unspecified atom stereocenters. The molecule has 0 radical (unpaired) electrons. The maximum Gasteiger partial charge on any atom is 0.337 e. The summed E-state index contributed by atoms with van der Waals surface area (Å²) in [5, 5.41) is 1.16. The number of carbonyl (C=O) groups excluding carboxylic acids is 3. The topological polar surface area (TPSA) is 71.8 Å². The molecular weight excluding hydrogens is 574 g/mol. The van der Waals surface area contributed by atoms with Gasteiger partial charge in [-0.25, -0.2) is 4.79 Å². The Morgan fingerprint density at radius 3 is 2.43 bits per heavy atom. The van der Waals surface area contributed by atoms with E-state index in [1.165, 1.54) is 37.6 Å². The molecule has 7 heteroatoms. The van der Waals surface area contributed by atoms with Crippen LogP contribution in [-0.4, -0.2) is 53.5 Å². The summed E-state index contributed by atoms with van der Waals surface area (Å²) >= 11 is 0. The van der Waals surface area contributed by atoms with Gasteiger partial charge in [-0.1, -0.05) is 67.8 Å². The maximum atomic E-state index is 14.4. The highest BCUT2D eigenvalue weighted by atomic mass is 16.5. The maximum absolute atomic E-state index is 14.4. The first-order valence-electron chi connectivity index (χ1n) is 16.8. The van der Waals surface area contributed by atoms with Gasteiger partial charge in [0.25, 0.3) is 5.91 Å². The third-order valence-corrected chi connectivity index (χ3v) is 10.7. The molecule has 46 heavy (non-hydrogen) atoms. The summed E-state index contributed by atoms with van der Waals surface area (Å²) in [6.07, 6.45) is 10.0. The summed E-state index contributed by atoms with van der Waals surface area (Å²) in [6.45, 7) is 1.63. The van der Waals surface area contributed by atoms with Crippen molar-refractivity contribution < 1.29 is 19.1 Å². The molecule has 3 aliphatic heterocycles. The van der Waals surface area contributed by atoms with Crippen molar-refractivity contribution >= 4 is 40.4 Å². The van der Waals surface area contributed by atoms with E-state index in [0.29, 0.717) is 37.5 Å². The van der Waals surface area contributed by atoms with Gasteiger partial charge >= 0.3 is 5.97 Å². The van der Waals surface area contributed by atoms with Gasteiger partial charge in [0.1, 0.15) is 0 Å². The smallest absolute Gasteiger partial charge is 0.337 e. The van der Waals surface area contributed by atoms with Crippen LogP contribution in [0.1, 0.15) is 77.9 Å². The predicted octanol–water partition coefficient (Wildman–Crippen LogP) is 7.12. The van der Waals surface area contributed by atoms with Gasteiger partial charge in [-0.2, -0.15) is 0 Å². The normalized spacial score (nSPS) is 18.5. The number of para-hydroxylation sites is 1. The highest BCUT2D eigenvalue weighted by Crippen LogP contribution is 2.46. The molecule has 0 bridgehead atoms. The summed E-state index contributed by atoms with van der Waals surface area (Å²) in [5.41, 5.74) is 9.03. The number of esters is 1. The first-order valence-corrected chi connectivity index (χ1v) is 16.8. The lowest BCUT2D eigenvalue weighted by Gasteiger charge is -2.37. The highest BCUT2D eigenvalue weighted by molar-refractivity contribution is 6.04. The van der Waals surface area contributed by atoms with Gasteiger partial charge in [0, 0.05) is 46.9 Å². The summed E-state index contributed by atoms with van der Waals surface area (Å²) in [4.78, 5) is 44.0. The molecular formula is C39H39N3O4. The number of ether oxygens (including phenoxy) is 1. The van der Waals surface area contributed by atoms with Crippen LogP contribution in [-0.2, 0) is 27.3 Å².